The molecule has 0 saturated heterocycles. The maximum absolute atomic E-state index is 6.28. The van der Waals surface area contributed by atoms with Crippen molar-refractivity contribution in [2.75, 3.05) is 0 Å². The smallest absolute Gasteiger partial charge is 0.0643 e. The van der Waals surface area contributed by atoms with Gasteiger partial charge >= 0.3 is 0 Å². The average Bonchev–Trinajstić information content (AvgIpc) is 2.35. The van der Waals surface area contributed by atoms with Gasteiger partial charge in [0.05, 0.1) is 16.1 Å². The van der Waals surface area contributed by atoms with Crippen LogP contribution in [0.15, 0.2) is 40.9 Å². The minimum atomic E-state index is -0.300. The van der Waals surface area contributed by atoms with Crippen molar-refractivity contribution < 1.29 is 0 Å². The molecule has 0 saturated carbocycles. The van der Waals surface area contributed by atoms with Crippen molar-refractivity contribution in [2.24, 2.45) is 5.73 Å². The zero-order chi connectivity index (χ0) is 13.3. The van der Waals surface area contributed by atoms with E-state index in [2.05, 4.69) is 15.9 Å². The van der Waals surface area contributed by atoms with Crippen LogP contribution in [0.1, 0.15) is 22.7 Å². The van der Waals surface area contributed by atoms with Crippen LogP contribution in [0.3, 0.4) is 0 Å². The molecule has 2 aromatic carbocycles. The highest BCUT2D eigenvalue weighted by molar-refractivity contribution is 9.10. The molecule has 1 atom stereocenters. The molecule has 2 rings (SSSR count). The first-order chi connectivity index (χ1) is 8.50. The lowest BCUT2D eigenvalue weighted by Gasteiger charge is -2.17. The Hall–Kier alpha value is -0.540. The Balaban J connectivity index is 2.51. The van der Waals surface area contributed by atoms with Gasteiger partial charge in [0.15, 0.2) is 0 Å². The van der Waals surface area contributed by atoms with Crippen molar-refractivity contribution in [3.8, 4) is 0 Å². The minimum Gasteiger partial charge on any atom is -0.320 e. The van der Waals surface area contributed by atoms with Gasteiger partial charge < -0.3 is 5.73 Å². The Morgan fingerprint density at radius 2 is 1.83 bits per heavy atom. The second kappa shape index (κ2) is 5.62. The van der Waals surface area contributed by atoms with Gasteiger partial charge in [-0.15, -0.1) is 0 Å². The monoisotopic (exact) mass is 343 g/mol. The molecule has 0 spiro atoms. The summed E-state index contributed by atoms with van der Waals surface area (Å²) in [7, 11) is 0. The lowest BCUT2D eigenvalue weighted by Crippen LogP contribution is -2.13. The summed E-state index contributed by atoms with van der Waals surface area (Å²) in [6.45, 7) is 2.03. The fourth-order valence-corrected chi connectivity index (χ4v) is 2.75. The van der Waals surface area contributed by atoms with Crippen molar-refractivity contribution in [1.82, 2.24) is 0 Å². The molecule has 2 aromatic rings. The fraction of sp³-hybridized carbons (Fsp3) is 0.143. The van der Waals surface area contributed by atoms with Crippen LogP contribution in [0.5, 0.6) is 0 Å². The molecule has 2 N–H and O–H groups in total. The van der Waals surface area contributed by atoms with Gasteiger partial charge in [-0.2, -0.15) is 0 Å². The van der Waals surface area contributed by atoms with Crippen LogP contribution in [-0.2, 0) is 0 Å². The number of benzene rings is 2. The summed E-state index contributed by atoms with van der Waals surface area (Å²) >= 11 is 15.7. The Bertz CT molecular complexity index is 582. The molecular weight excluding hydrogens is 333 g/mol. The summed E-state index contributed by atoms with van der Waals surface area (Å²) in [6.07, 6.45) is 0. The third-order valence-electron chi connectivity index (χ3n) is 2.80. The zero-order valence-electron chi connectivity index (χ0n) is 9.75. The number of hydrogen-bond acceptors (Lipinski definition) is 1. The predicted octanol–water partition coefficient (Wildman–Crippen LogP) is 5.11. The van der Waals surface area contributed by atoms with E-state index in [0.717, 1.165) is 21.2 Å². The maximum Gasteiger partial charge on any atom is 0.0643 e. The molecule has 4 heteroatoms. The van der Waals surface area contributed by atoms with Gasteiger partial charge in [-0.3, -0.25) is 0 Å². The van der Waals surface area contributed by atoms with E-state index in [4.69, 9.17) is 28.9 Å². The maximum atomic E-state index is 6.28. The largest absolute Gasteiger partial charge is 0.320 e. The average molecular weight is 345 g/mol. The third kappa shape index (κ3) is 2.72. The molecule has 0 radical (unpaired) electrons. The molecule has 0 aliphatic carbocycles. The van der Waals surface area contributed by atoms with Gasteiger partial charge in [0, 0.05) is 4.47 Å². The number of rotatable bonds is 2. The second-order valence-corrected chi connectivity index (χ2v) is 5.79. The van der Waals surface area contributed by atoms with E-state index in [9.17, 15) is 0 Å². The van der Waals surface area contributed by atoms with Gasteiger partial charge in [0.2, 0.25) is 0 Å². The molecule has 0 fully saturated rings. The molecule has 94 valence electrons. The first-order valence-electron chi connectivity index (χ1n) is 5.46. The van der Waals surface area contributed by atoms with Crippen LogP contribution < -0.4 is 5.73 Å². The Kier molecular flexibility index (Phi) is 4.33. The lowest BCUT2D eigenvalue weighted by atomic mass is 9.98. The molecule has 0 aromatic heterocycles. The van der Waals surface area contributed by atoms with Crippen LogP contribution in [0, 0.1) is 6.92 Å². The number of halogens is 3. The van der Waals surface area contributed by atoms with Gasteiger partial charge in [-0.05, 0) is 30.2 Å². The van der Waals surface area contributed by atoms with Gasteiger partial charge in [0.25, 0.3) is 0 Å². The standard InChI is InChI=1S/C14H12BrCl2N/c1-8-5-6-11(15)10(7-8)14(18)9-3-2-4-12(16)13(9)17/h2-7,14H,18H2,1H3. The van der Waals surface area contributed by atoms with Crippen molar-refractivity contribution >= 4 is 39.1 Å². The van der Waals surface area contributed by atoms with Crippen molar-refractivity contribution in [3.05, 3.63) is 67.6 Å². The van der Waals surface area contributed by atoms with Crippen LogP contribution in [0.25, 0.3) is 0 Å². The predicted molar refractivity (Wildman–Crippen MR) is 81.4 cm³/mol. The van der Waals surface area contributed by atoms with Crippen LogP contribution in [-0.4, -0.2) is 0 Å². The van der Waals surface area contributed by atoms with Crippen molar-refractivity contribution in [3.63, 3.8) is 0 Å². The molecule has 1 nitrogen and oxygen atoms in total. The van der Waals surface area contributed by atoms with Crippen LogP contribution in [0.4, 0.5) is 0 Å². The van der Waals surface area contributed by atoms with E-state index in [1.807, 2.05) is 37.3 Å². The first-order valence-corrected chi connectivity index (χ1v) is 7.01. The second-order valence-electron chi connectivity index (χ2n) is 4.15. The summed E-state index contributed by atoms with van der Waals surface area (Å²) in [5, 5.41) is 1.04. The van der Waals surface area contributed by atoms with E-state index in [1.54, 1.807) is 6.07 Å². The van der Waals surface area contributed by atoms with Crippen molar-refractivity contribution in [2.45, 2.75) is 13.0 Å². The zero-order valence-corrected chi connectivity index (χ0v) is 12.9. The summed E-state index contributed by atoms with van der Waals surface area (Å²) in [6, 6.07) is 11.3. The Morgan fingerprint density at radius 1 is 1.11 bits per heavy atom. The SMILES string of the molecule is Cc1ccc(Br)c(C(N)c2cccc(Cl)c2Cl)c1. The van der Waals surface area contributed by atoms with E-state index in [0.29, 0.717) is 10.0 Å². The highest BCUT2D eigenvalue weighted by Crippen LogP contribution is 2.34. The summed E-state index contributed by atoms with van der Waals surface area (Å²) < 4.78 is 0.969. The van der Waals surface area contributed by atoms with E-state index < -0.39 is 0 Å². The molecule has 18 heavy (non-hydrogen) atoms. The quantitative estimate of drug-likeness (QED) is 0.804. The third-order valence-corrected chi connectivity index (χ3v) is 4.36. The highest BCUT2D eigenvalue weighted by Gasteiger charge is 2.16. The van der Waals surface area contributed by atoms with E-state index in [-0.39, 0.29) is 6.04 Å². The molecule has 0 amide bonds. The lowest BCUT2D eigenvalue weighted by molar-refractivity contribution is 0.864. The first kappa shape index (κ1) is 13.9. The molecule has 0 bridgehead atoms. The normalized spacial score (nSPS) is 12.5. The molecule has 0 aliphatic rings. The van der Waals surface area contributed by atoms with Crippen LogP contribution in [0.2, 0.25) is 10.0 Å². The Morgan fingerprint density at radius 3 is 2.56 bits per heavy atom. The fourth-order valence-electron chi connectivity index (χ4n) is 1.83. The van der Waals surface area contributed by atoms with E-state index in [1.165, 1.54) is 0 Å². The minimum absolute atomic E-state index is 0.300. The number of nitrogens with two attached hydrogens (primary N) is 1. The summed E-state index contributed by atoms with van der Waals surface area (Å²) in [4.78, 5) is 0. The molecule has 0 heterocycles. The van der Waals surface area contributed by atoms with Crippen LogP contribution >= 0.6 is 39.1 Å². The number of hydrogen-bond donors (Lipinski definition) is 1. The number of aryl methyl sites for hydroxylation is 1. The molecular formula is C14H12BrCl2N. The van der Waals surface area contributed by atoms with E-state index >= 15 is 0 Å². The highest BCUT2D eigenvalue weighted by atomic mass is 79.9. The molecule has 0 aliphatic heterocycles. The van der Waals surface area contributed by atoms with Crippen molar-refractivity contribution in [1.29, 1.82) is 0 Å². The van der Waals surface area contributed by atoms with Gasteiger partial charge in [-0.25, -0.2) is 0 Å². The van der Waals surface area contributed by atoms with Gasteiger partial charge in [-0.1, -0.05) is 69.0 Å². The van der Waals surface area contributed by atoms with Gasteiger partial charge in [0.1, 0.15) is 0 Å². The Labute approximate surface area is 125 Å². The summed E-state index contributed by atoms with van der Waals surface area (Å²) in [5.74, 6) is 0. The summed E-state index contributed by atoms with van der Waals surface area (Å²) in [5.41, 5.74) is 9.27. The molecule has 1 unspecified atom stereocenters. The topological polar surface area (TPSA) is 26.0 Å².